The van der Waals surface area contributed by atoms with Gasteiger partial charge in [-0.25, -0.2) is 9.97 Å². The minimum Gasteiger partial charge on any atom is -0.468 e. The summed E-state index contributed by atoms with van der Waals surface area (Å²) in [6.07, 6.45) is 1.42. The summed E-state index contributed by atoms with van der Waals surface area (Å²) in [6.45, 7) is 5.44. The summed E-state index contributed by atoms with van der Waals surface area (Å²) in [4.78, 5) is 24.0. The average molecular weight is 430 g/mol. The van der Waals surface area contributed by atoms with Crippen LogP contribution in [0.5, 0.6) is 5.88 Å². The molecule has 0 aliphatic carbocycles. The van der Waals surface area contributed by atoms with E-state index in [9.17, 15) is 14.3 Å². The molecule has 0 aromatic carbocycles. The molecule has 2 aliphatic heterocycles. The van der Waals surface area contributed by atoms with Crippen molar-refractivity contribution in [3.63, 3.8) is 0 Å². The molecule has 4 rings (SSSR count). The molecule has 166 valence electrons. The molecular weight excluding hydrogens is 403 g/mol. The van der Waals surface area contributed by atoms with Crippen molar-refractivity contribution in [2.75, 3.05) is 43.4 Å². The monoisotopic (exact) mass is 430 g/mol. The smallest absolute Gasteiger partial charge is 0.269 e. The van der Waals surface area contributed by atoms with Crippen molar-refractivity contribution in [2.45, 2.75) is 32.2 Å². The van der Waals surface area contributed by atoms with Gasteiger partial charge in [0.25, 0.3) is 5.91 Å². The van der Waals surface area contributed by atoms with Gasteiger partial charge in [0.05, 0.1) is 11.4 Å². The van der Waals surface area contributed by atoms with Gasteiger partial charge in [0.2, 0.25) is 11.8 Å². The number of hydrogen-bond donors (Lipinski definition) is 3. The molecule has 2 atom stereocenters. The fraction of sp³-hybridized carbons (Fsp3) is 0.476. The number of fused-ring (bicyclic) bond motifs is 1. The Kier molecular flexibility index (Phi) is 6.19. The number of hydrogen-bond acceptors (Lipinski definition) is 8. The van der Waals surface area contributed by atoms with Gasteiger partial charge in [-0.15, -0.1) is 0 Å². The van der Waals surface area contributed by atoms with Gasteiger partial charge in [0.15, 0.2) is 6.23 Å². The van der Waals surface area contributed by atoms with Crippen LogP contribution in [-0.4, -0.2) is 71.4 Å². The molecular formula is C21H27FN6O3. The van der Waals surface area contributed by atoms with E-state index in [4.69, 9.17) is 4.74 Å². The quantitative estimate of drug-likeness (QED) is 0.608. The fourth-order valence-corrected chi connectivity index (χ4v) is 3.87. The van der Waals surface area contributed by atoms with E-state index >= 15 is 0 Å². The molecule has 2 aliphatic rings. The fourth-order valence-electron chi connectivity index (χ4n) is 3.87. The topological polar surface area (TPSA) is 103 Å². The summed E-state index contributed by atoms with van der Waals surface area (Å²) in [6, 6.07) is 5.09. The predicted molar refractivity (Wildman–Crippen MR) is 114 cm³/mol. The van der Waals surface area contributed by atoms with E-state index in [1.165, 1.54) is 13.1 Å². The third-order valence-electron chi connectivity index (χ3n) is 5.64. The van der Waals surface area contributed by atoms with Gasteiger partial charge in [0.1, 0.15) is 11.8 Å². The highest BCUT2D eigenvalue weighted by Crippen LogP contribution is 2.30. The first-order valence-corrected chi connectivity index (χ1v) is 10.4. The van der Waals surface area contributed by atoms with Crippen molar-refractivity contribution in [3.8, 4) is 5.88 Å². The van der Waals surface area contributed by atoms with Crippen LogP contribution in [0.2, 0.25) is 0 Å². The Hall–Kier alpha value is -2.98. The van der Waals surface area contributed by atoms with Gasteiger partial charge in [-0.3, -0.25) is 9.69 Å². The molecule has 10 heteroatoms. The van der Waals surface area contributed by atoms with Crippen molar-refractivity contribution in [1.29, 1.82) is 0 Å². The molecule has 1 fully saturated rings. The number of anilines is 2. The Morgan fingerprint density at radius 2 is 2.13 bits per heavy atom. The number of pyridine rings is 2. The van der Waals surface area contributed by atoms with Gasteiger partial charge in [0, 0.05) is 46.0 Å². The van der Waals surface area contributed by atoms with Crippen LogP contribution in [0.15, 0.2) is 24.4 Å². The van der Waals surface area contributed by atoms with E-state index in [0.717, 1.165) is 18.7 Å². The maximum absolute atomic E-state index is 14.4. The number of nitrogens with one attached hydrogen (secondary N) is 2. The summed E-state index contributed by atoms with van der Waals surface area (Å²) in [7, 11) is 1.49. The number of rotatable bonds is 5. The number of carbonyl (C=O) groups is 1. The molecule has 1 saturated heterocycles. The van der Waals surface area contributed by atoms with Crippen molar-refractivity contribution >= 4 is 17.3 Å². The molecule has 3 N–H and O–H groups in total. The molecule has 9 nitrogen and oxygen atoms in total. The van der Waals surface area contributed by atoms with Gasteiger partial charge in [-0.2, -0.15) is 4.39 Å². The van der Waals surface area contributed by atoms with Crippen molar-refractivity contribution in [3.05, 3.63) is 41.6 Å². The van der Waals surface area contributed by atoms with Crippen LogP contribution in [-0.2, 0) is 6.54 Å². The lowest BCUT2D eigenvalue weighted by Gasteiger charge is -2.36. The highest BCUT2D eigenvalue weighted by Gasteiger charge is 2.28. The van der Waals surface area contributed by atoms with Crippen LogP contribution in [0.25, 0.3) is 0 Å². The molecule has 31 heavy (non-hydrogen) atoms. The van der Waals surface area contributed by atoms with E-state index in [0.29, 0.717) is 43.3 Å². The second-order valence-corrected chi connectivity index (χ2v) is 7.70. The average Bonchev–Trinajstić information content (AvgIpc) is 2.78. The number of aliphatic hydroxyl groups is 1. The van der Waals surface area contributed by atoms with E-state index in [2.05, 4.69) is 25.5 Å². The lowest BCUT2D eigenvalue weighted by molar-refractivity contribution is 0.0395. The normalized spacial score (nSPS) is 21.1. The number of nitrogens with zero attached hydrogens (tertiary/aromatic N) is 4. The maximum Gasteiger partial charge on any atom is 0.269 e. The first kappa shape index (κ1) is 21.3. The van der Waals surface area contributed by atoms with Crippen molar-refractivity contribution < 1.29 is 19.0 Å². The van der Waals surface area contributed by atoms with Gasteiger partial charge < -0.3 is 25.4 Å². The number of ether oxygens (including phenoxy) is 1. The van der Waals surface area contributed by atoms with Crippen LogP contribution in [0.4, 0.5) is 15.8 Å². The van der Waals surface area contributed by atoms with Gasteiger partial charge >= 0.3 is 0 Å². The zero-order chi connectivity index (χ0) is 22.0. The Labute approximate surface area is 180 Å². The molecule has 2 aromatic rings. The van der Waals surface area contributed by atoms with Crippen LogP contribution in [0, 0.1) is 5.95 Å². The van der Waals surface area contributed by atoms with Crippen molar-refractivity contribution in [2.24, 2.45) is 0 Å². The standard InChI is InChI=1S/C21H27FN6O3/c1-3-17-20(30)26-15-10-13(11-24-21(15)31-17)12-27-6-8-28(9-7-27)16-5-4-14(19(29)23-2)25-18(16)22/h4-5,10-11,17,20,26,30H,3,6-9,12H2,1-2H3,(H,23,29). The maximum atomic E-state index is 14.4. The number of aliphatic hydroxyl groups excluding tert-OH is 1. The molecule has 0 spiro atoms. The highest BCUT2D eigenvalue weighted by atomic mass is 19.1. The molecule has 2 aromatic heterocycles. The number of piperazine rings is 1. The lowest BCUT2D eigenvalue weighted by atomic mass is 10.1. The third-order valence-corrected chi connectivity index (χ3v) is 5.64. The summed E-state index contributed by atoms with van der Waals surface area (Å²) in [5.74, 6) is -0.538. The zero-order valence-corrected chi connectivity index (χ0v) is 17.6. The Morgan fingerprint density at radius 1 is 1.35 bits per heavy atom. The predicted octanol–water partition coefficient (Wildman–Crippen LogP) is 1.20. The first-order chi connectivity index (χ1) is 15.0. The van der Waals surface area contributed by atoms with E-state index < -0.39 is 18.1 Å². The van der Waals surface area contributed by atoms with Crippen molar-refractivity contribution in [1.82, 2.24) is 20.2 Å². The number of amides is 1. The second kappa shape index (κ2) is 9.03. The lowest BCUT2D eigenvalue weighted by Crippen LogP contribution is -2.46. The Balaban J connectivity index is 1.36. The largest absolute Gasteiger partial charge is 0.468 e. The van der Waals surface area contributed by atoms with Gasteiger partial charge in [-0.1, -0.05) is 6.92 Å². The van der Waals surface area contributed by atoms with E-state index in [1.54, 1.807) is 12.3 Å². The summed E-state index contributed by atoms with van der Waals surface area (Å²) < 4.78 is 20.2. The number of aromatic nitrogens is 2. The zero-order valence-electron chi connectivity index (χ0n) is 17.6. The van der Waals surface area contributed by atoms with Crippen LogP contribution in [0.3, 0.4) is 0 Å². The minimum atomic E-state index is -0.753. The summed E-state index contributed by atoms with van der Waals surface area (Å²) in [5, 5.41) is 15.6. The minimum absolute atomic E-state index is 0.0651. The summed E-state index contributed by atoms with van der Waals surface area (Å²) in [5.41, 5.74) is 2.17. The molecule has 0 bridgehead atoms. The van der Waals surface area contributed by atoms with Gasteiger partial charge in [-0.05, 0) is 30.2 Å². The third kappa shape index (κ3) is 4.54. The number of halogens is 1. The Morgan fingerprint density at radius 3 is 2.81 bits per heavy atom. The molecule has 2 unspecified atom stereocenters. The second-order valence-electron chi connectivity index (χ2n) is 7.70. The van der Waals surface area contributed by atoms with Crippen LogP contribution in [0.1, 0.15) is 29.4 Å². The molecule has 0 saturated carbocycles. The first-order valence-electron chi connectivity index (χ1n) is 10.4. The van der Waals surface area contributed by atoms with E-state index in [1.807, 2.05) is 17.9 Å². The molecule has 0 radical (unpaired) electrons. The van der Waals surface area contributed by atoms with E-state index in [-0.39, 0.29) is 11.8 Å². The highest BCUT2D eigenvalue weighted by molar-refractivity contribution is 5.92. The number of carbonyl (C=O) groups excluding carboxylic acids is 1. The van der Waals surface area contributed by atoms with Crippen LogP contribution < -0.4 is 20.3 Å². The van der Waals surface area contributed by atoms with Crippen LogP contribution >= 0.6 is 0 Å². The summed E-state index contributed by atoms with van der Waals surface area (Å²) >= 11 is 0. The Bertz CT molecular complexity index is 951. The SMILES string of the molecule is CCC1Oc2ncc(CN3CCN(c4ccc(C(=O)NC)nc4F)CC3)cc2NC1O. The molecule has 1 amide bonds. The molecule has 4 heterocycles.